The molecule has 0 spiro atoms. The second-order valence-electron chi connectivity index (χ2n) is 6.31. The van der Waals surface area contributed by atoms with Crippen molar-refractivity contribution >= 4 is 11.8 Å². The molecule has 0 aromatic carbocycles. The molecule has 3 N–H and O–H groups in total. The molecule has 0 radical (unpaired) electrons. The highest BCUT2D eigenvalue weighted by Crippen LogP contribution is 2.43. The summed E-state index contributed by atoms with van der Waals surface area (Å²) < 4.78 is 0. The van der Waals surface area contributed by atoms with E-state index in [0.717, 1.165) is 38.8 Å². The van der Waals surface area contributed by atoms with Gasteiger partial charge in [-0.15, -0.1) is 0 Å². The highest BCUT2D eigenvalue weighted by atomic mass is 16.2. The fourth-order valence-electron chi connectivity index (χ4n) is 3.17. The number of carbonyl (C=O) groups is 2. The molecule has 1 aliphatic carbocycles. The fraction of sp³-hybridized carbons (Fsp3) is 0.867. The lowest BCUT2D eigenvalue weighted by Gasteiger charge is -2.42. The molecule has 20 heavy (non-hydrogen) atoms. The molecule has 5 nitrogen and oxygen atoms in total. The lowest BCUT2D eigenvalue weighted by Crippen LogP contribution is -2.49. The quantitative estimate of drug-likeness (QED) is 0.790. The highest BCUT2D eigenvalue weighted by molar-refractivity contribution is 5.77. The van der Waals surface area contributed by atoms with Gasteiger partial charge in [0.1, 0.15) is 0 Å². The predicted molar refractivity (Wildman–Crippen MR) is 78.0 cm³/mol. The number of likely N-dealkylation sites (tertiary alicyclic amines) is 1. The van der Waals surface area contributed by atoms with Crippen LogP contribution >= 0.6 is 0 Å². The highest BCUT2D eigenvalue weighted by Gasteiger charge is 2.39. The molecular formula is C15H27N3O2. The molecule has 0 aromatic heterocycles. The molecule has 1 aliphatic heterocycles. The van der Waals surface area contributed by atoms with Crippen LogP contribution in [0.5, 0.6) is 0 Å². The minimum Gasteiger partial charge on any atom is -0.353 e. The summed E-state index contributed by atoms with van der Waals surface area (Å²) in [5.74, 6) is 0.349. The van der Waals surface area contributed by atoms with E-state index >= 15 is 0 Å². The SMILES string of the molecule is CCC(=O)NC1CCN(C(=O)CC2(CN)CCC2)CC1. The van der Waals surface area contributed by atoms with Gasteiger partial charge in [-0.05, 0) is 37.6 Å². The second kappa shape index (κ2) is 6.57. The summed E-state index contributed by atoms with van der Waals surface area (Å²) in [5.41, 5.74) is 5.91. The van der Waals surface area contributed by atoms with E-state index in [1.807, 2.05) is 11.8 Å². The number of hydrogen-bond donors (Lipinski definition) is 2. The van der Waals surface area contributed by atoms with Crippen molar-refractivity contribution < 1.29 is 9.59 Å². The molecule has 2 fully saturated rings. The summed E-state index contributed by atoms with van der Waals surface area (Å²) in [6.45, 7) is 4.00. The van der Waals surface area contributed by atoms with Gasteiger partial charge in [-0.1, -0.05) is 13.3 Å². The summed E-state index contributed by atoms with van der Waals surface area (Å²) >= 11 is 0. The smallest absolute Gasteiger partial charge is 0.223 e. The molecule has 1 saturated heterocycles. The van der Waals surface area contributed by atoms with Crippen LogP contribution in [0.15, 0.2) is 0 Å². The number of nitrogens with zero attached hydrogens (tertiary/aromatic N) is 1. The van der Waals surface area contributed by atoms with E-state index < -0.39 is 0 Å². The van der Waals surface area contributed by atoms with Gasteiger partial charge in [0.15, 0.2) is 0 Å². The van der Waals surface area contributed by atoms with Crippen molar-refractivity contribution in [2.24, 2.45) is 11.1 Å². The van der Waals surface area contributed by atoms with Gasteiger partial charge in [-0.3, -0.25) is 9.59 Å². The third-order valence-electron chi connectivity index (χ3n) is 4.91. The van der Waals surface area contributed by atoms with Gasteiger partial charge < -0.3 is 16.0 Å². The van der Waals surface area contributed by atoms with Crippen molar-refractivity contribution in [2.45, 2.75) is 57.9 Å². The van der Waals surface area contributed by atoms with Gasteiger partial charge >= 0.3 is 0 Å². The molecule has 2 aliphatic rings. The first kappa shape index (κ1) is 15.3. The Balaban J connectivity index is 1.75. The Labute approximate surface area is 121 Å². The number of amides is 2. The first-order chi connectivity index (χ1) is 9.58. The lowest BCUT2D eigenvalue weighted by atomic mass is 9.66. The number of nitrogens with one attached hydrogen (secondary N) is 1. The fourth-order valence-corrected chi connectivity index (χ4v) is 3.17. The van der Waals surface area contributed by atoms with Crippen LogP contribution in [0.25, 0.3) is 0 Å². The van der Waals surface area contributed by atoms with Crippen molar-refractivity contribution in [1.29, 1.82) is 0 Å². The van der Waals surface area contributed by atoms with E-state index in [0.29, 0.717) is 19.4 Å². The Morgan fingerprint density at radius 1 is 1.30 bits per heavy atom. The van der Waals surface area contributed by atoms with Crippen molar-refractivity contribution in [3.8, 4) is 0 Å². The zero-order valence-electron chi connectivity index (χ0n) is 12.5. The maximum absolute atomic E-state index is 12.3. The zero-order chi connectivity index (χ0) is 14.6. The molecule has 5 heteroatoms. The summed E-state index contributed by atoms with van der Waals surface area (Å²) in [6, 6.07) is 0.235. The van der Waals surface area contributed by atoms with Gasteiger partial charge in [0.05, 0.1) is 0 Å². The minimum atomic E-state index is 0.0877. The van der Waals surface area contributed by atoms with Crippen LogP contribution in [0.3, 0.4) is 0 Å². The Kier molecular flexibility index (Phi) is 5.02. The summed E-state index contributed by atoms with van der Waals surface area (Å²) in [5, 5.41) is 3.01. The molecule has 0 unspecified atom stereocenters. The van der Waals surface area contributed by atoms with Crippen LogP contribution in [0, 0.1) is 5.41 Å². The van der Waals surface area contributed by atoms with Crippen LogP contribution < -0.4 is 11.1 Å². The van der Waals surface area contributed by atoms with Crippen LogP contribution in [-0.2, 0) is 9.59 Å². The summed E-state index contributed by atoms with van der Waals surface area (Å²) in [6.07, 6.45) is 6.26. The Morgan fingerprint density at radius 2 is 1.95 bits per heavy atom. The number of carbonyl (C=O) groups excluding carboxylic acids is 2. The van der Waals surface area contributed by atoms with Gasteiger partial charge in [0, 0.05) is 32.0 Å². The monoisotopic (exact) mass is 281 g/mol. The maximum Gasteiger partial charge on any atom is 0.223 e. The van der Waals surface area contributed by atoms with Crippen LogP contribution in [0.2, 0.25) is 0 Å². The third-order valence-corrected chi connectivity index (χ3v) is 4.91. The third kappa shape index (κ3) is 3.51. The van der Waals surface area contributed by atoms with E-state index in [1.165, 1.54) is 6.42 Å². The molecule has 0 aromatic rings. The number of nitrogens with two attached hydrogens (primary N) is 1. The van der Waals surface area contributed by atoms with Crippen LogP contribution in [0.1, 0.15) is 51.9 Å². The van der Waals surface area contributed by atoms with Gasteiger partial charge in [0.2, 0.25) is 11.8 Å². The second-order valence-corrected chi connectivity index (χ2v) is 6.31. The Hall–Kier alpha value is -1.10. The van der Waals surface area contributed by atoms with E-state index in [1.54, 1.807) is 0 Å². The average Bonchev–Trinajstić information content (AvgIpc) is 2.43. The van der Waals surface area contributed by atoms with Crippen LogP contribution in [-0.4, -0.2) is 42.4 Å². The largest absolute Gasteiger partial charge is 0.353 e. The molecule has 1 heterocycles. The lowest BCUT2D eigenvalue weighted by molar-refractivity contribution is -0.136. The van der Waals surface area contributed by atoms with E-state index in [9.17, 15) is 9.59 Å². The van der Waals surface area contributed by atoms with Crippen molar-refractivity contribution in [1.82, 2.24) is 10.2 Å². The molecule has 114 valence electrons. The Morgan fingerprint density at radius 3 is 2.40 bits per heavy atom. The average molecular weight is 281 g/mol. The number of hydrogen-bond acceptors (Lipinski definition) is 3. The molecule has 2 amide bonds. The van der Waals surface area contributed by atoms with Crippen molar-refractivity contribution in [3.63, 3.8) is 0 Å². The van der Waals surface area contributed by atoms with E-state index in [-0.39, 0.29) is 23.3 Å². The van der Waals surface area contributed by atoms with Crippen LogP contribution in [0.4, 0.5) is 0 Å². The summed E-state index contributed by atoms with van der Waals surface area (Å²) in [4.78, 5) is 25.6. The van der Waals surface area contributed by atoms with E-state index in [2.05, 4.69) is 5.32 Å². The standard InChI is InChI=1S/C15H27N3O2/c1-2-13(19)17-12-4-8-18(9-5-12)14(20)10-15(11-16)6-3-7-15/h12H,2-11,16H2,1H3,(H,17,19). The summed E-state index contributed by atoms with van der Waals surface area (Å²) in [7, 11) is 0. The molecule has 0 bridgehead atoms. The number of rotatable bonds is 5. The van der Waals surface area contributed by atoms with Crippen molar-refractivity contribution in [2.75, 3.05) is 19.6 Å². The zero-order valence-corrected chi connectivity index (χ0v) is 12.5. The van der Waals surface area contributed by atoms with E-state index in [4.69, 9.17) is 5.73 Å². The predicted octanol–water partition coefficient (Wildman–Crippen LogP) is 1.02. The molecular weight excluding hydrogens is 254 g/mol. The normalized spacial score (nSPS) is 22.2. The molecule has 2 rings (SSSR count). The maximum atomic E-state index is 12.3. The molecule has 0 atom stereocenters. The van der Waals surface area contributed by atoms with Crippen molar-refractivity contribution in [3.05, 3.63) is 0 Å². The minimum absolute atomic E-state index is 0.0877. The van der Waals surface area contributed by atoms with Gasteiger partial charge in [-0.2, -0.15) is 0 Å². The first-order valence-corrected chi connectivity index (χ1v) is 7.86. The topological polar surface area (TPSA) is 75.4 Å². The van der Waals surface area contributed by atoms with Gasteiger partial charge in [-0.25, -0.2) is 0 Å². The first-order valence-electron chi connectivity index (χ1n) is 7.86. The molecule has 1 saturated carbocycles. The van der Waals surface area contributed by atoms with Gasteiger partial charge in [0.25, 0.3) is 0 Å². The Bertz CT molecular complexity index is 353. The number of piperidine rings is 1.